The number of aliphatic hydroxyl groups is 1. The minimum atomic E-state index is -1.61. The van der Waals surface area contributed by atoms with Crippen LogP contribution in [0.4, 0.5) is 0 Å². The molecule has 1 atom stereocenters. The molecule has 116 valence electrons. The quantitative estimate of drug-likeness (QED) is 0.854. The number of carbonyl (C=O) groups excluding carboxylic acids is 1. The van der Waals surface area contributed by atoms with E-state index in [1.54, 1.807) is 31.4 Å². The molecule has 2 rings (SSSR count). The Kier molecular flexibility index (Phi) is 4.47. The number of hydrogen-bond donors (Lipinski definition) is 2. The van der Waals surface area contributed by atoms with E-state index in [0.717, 1.165) is 10.8 Å². The Morgan fingerprint density at radius 1 is 1.14 bits per heavy atom. The van der Waals surface area contributed by atoms with E-state index in [1.807, 2.05) is 12.1 Å². The molecule has 22 heavy (non-hydrogen) atoms. The molecule has 2 N–H and O–H groups in total. The number of aliphatic hydroxyl groups excluding tert-OH is 1. The molecule has 0 unspecified atom stereocenters. The van der Waals surface area contributed by atoms with Crippen LogP contribution in [0, 0.1) is 0 Å². The Bertz CT molecular complexity index is 722. The molecule has 0 saturated heterocycles. The standard InChI is InChI=1S/C17H18O5/c1-11(19)9-17(10-18,16(20)21)14-5-3-13-8-15(22-2)6-4-12(13)7-14/h3-8,18H,9-10H2,1-2H3,(H,20,21)/t17-/m1/s1. The smallest absolute Gasteiger partial charge is 0.316 e. The summed E-state index contributed by atoms with van der Waals surface area (Å²) >= 11 is 0. The number of hydrogen-bond acceptors (Lipinski definition) is 4. The average molecular weight is 302 g/mol. The molecule has 0 aliphatic rings. The van der Waals surface area contributed by atoms with E-state index in [2.05, 4.69) is 0 Å². The fraction of sp³-hybridized carbons (Fsp3) is 0.294. The zero-order chi connectivity index (χ0) is 16.3. The van der Waals surface area contributed by atoms with Crippen molar-refractivity contribution in [3.63, 3.8) is 0 Å². The summed E-state index contributed by atoms with van der Waals surface area (Å²) < 4.78 is 5.15. The summed E-state index contributed by atoms with van der Waals surface area (Å²) in [5, 5.41) is 20.9. The lowest BCUT2D eigenvalue weighted by Gasteiger charge is -2.27. The summed E-state index contributed by atoms with van der Waals surface area (Å²) in [6.07, 6.45) is -0.250. The molecule has 0 fully saturated rings. The van der Waals surface area contributed by atoms with Gasteiger partial charge in [-0.1, -0.05) is 18.2 Å². The molecule has 0 bridgehead atoms. The molecule has 0 amide bonds. The van der Waals surface area contributed by atoms with Crippen molar-refractivity contribution in [2.75, 3.05) is 13.7 Å². The number of ether oxygens (including phenoxy) is 1. The highest BCUT2D eigenvalue weighted by Gasteiger charge is 2.41. The first-order chi connectivity index (χ1) is 10.4. The number of fused-ring (bicyclic) bond motifs is 1. The van der Waals surface area contributed by atoms with Gasteiger partial charge in [-0.2, -0.15) is 0 Å². The molecule has 0 saturated carbocycles. The Morgan fingerprint density at radius 2 is 1.77 bits per heavy atom. The number of aliphatic carboxylic acids is 1. The molecule has 0 aromatic heterocycles. The number of carboxylic acid groups (broad SMARTS) is 1. The molecule has 0 aliphatic carbocycles. The van der Waals surface area contributed by atoms with Gasteiger partial charge in [-0.05, 0) is 41.5 Å². The highest BCUT2D eigenvalue weighted by molar-refractivity contribution is 5.92. The number of carboxylic acids is 1. The van der Waals surface area contributed by atoms with Crippen molar-refractivity contribution in [1.82, 2.24) is 0 Å². The summed E-state index contributed by atoms with van der Waals surface area (Å²) in [7, 11) is 1.57. The third-order valence-electron chi connectivity index (χ3n) is 3.83. The average Bonchev–Trinajstić information content (AvgIpc) is 2.51. The van der Waals surface area contributed by atoms with Gasteiger partial charge in [-0.15, -0.1) is 0 Å². The van der Waals surface area contributed by atoms with E-state index in [9.17, 15) is 19.8 Å². The number of Topliss-reactive ketones (excluding diaryl/α,β-unsaturated/α-hetero) is 1. The van der Waals surface area contributed by atoms with Crippen LogP contribution in [-0.2, 0) is 15.0 Å². The Balaban J connectivity index is 2.59. The van der Waals surface area contributed by atoms with Gasteiger partial charge >= 0.3 is 5.97 Å². The van der Waals surface area contributed by atoms with Crippen molar-refractivity contribution in [3.8, 4) is 5.75 Å². The van der Waals surface area contributed by atoms with Crippen LogP contribution in [-0.4, -0.2) is 35.7 Å². The van der Waals surface area contributed by atoms with Gasteiger partial charge in [-0.25, -0.2) is 0 Å². The second-order valence-corrected chi connectivity index (χ2v) is 5.35. The number of rotatable bonds is 6. The fourth-order valence-electron chi connectivity index (χ4n) is 2.59. The summed E-state index contributed by atoms with van der Waals surface area (Å²) in [4.78, 5) is 23.1. The van der Waals surface area contributed by atoms with Gasteiger partial charge in [0.1, 0.15) is 16.9 Å². The van der Waals surface area contributed by atoms with E-state index in [-0.39, 0.29) is 12.2 Å². The van der Waals surface area contributed by atoms with Crippen molar-refractivity contribution in [2.24, 2.45) is 0 Å². The molecule has 5 heteroatoms. The molecule has 0 heterocycles. The Labute approximate surface area is 128 Å². The predicted molar refractivity (Wildman–Crippen MR) is 82.2 cm³/mol. The monoisotopic (exact) mass is 302 g/mol. The minimum absolute atomic E-state index is 0.250. The molecule has 2 aromatic carbocycles. The molecular weight excluding hydrogens is 284 g/mol. The van der Waals surface area contributed by atoms with Crippen molar-refractivity contribution < 1.29 is 24.5 Å². The van der Waals surface area contributed by atoms with Gasteiger partial charge < -0.3 is 14.9 Å². The van der Waals surface area contributed by atoms with Gasteiger partial charge in [0, 0.05) is 6.42 Å². The van der Waals surface area contributed by atoms with Crippen molar-refractivity contribution in [2.45, 2.75) is 18.8 Å². The van der Waals surface area contributed by atoms with Gasteiger partial charge in [0.2, 0.25) is 0 Å². The number of carbonyl (C=O) groups is 2. The summed E-state index contributed by atoms with van der Waals surface area (Å²) in [6.45, 7) is 0.683. The summed E-state index contributed by atoms with van der Waals surface area (Å²) in [6, 6.07) is 10.5. The first-order valence-corrected chi connectivity index (χ1v) is 6.85. The topological polar surface area (TPSA) is 83.8 Å². The van der Waals surface area contributed by atoms with E-state index in [4.69, 9.17) is 4.74 Å². The van der Waals surface area contributed by atoms with E-state index < -0.39 is 18.0 Å². The zero-order valence-corrected chi connectivity index (χ0v) is 12.5. The number of ketones is 1. The lowest BCUT2D eigenvalue weighted by atomic mass is 9.76. The summed E-state index contributed by atoms with van der Waals surface area (Å²) in [5.41, 5.74) is -1.20. The number of methoxy groups -OCH3 is 1. The van der Waals surface area contributed by atoms with Crippen LogP contribution in [0.5, 0.6) is 5.75 Å². The third-order valence-corrected chi connectivity index (χ3v) is 3.83. The fourth-order valence-corrected chi connectivity index (χ4v) is 2.59. The molecule has 0 radical (unpaired) electrons. The normalized spacial score (nSPS) is 13.6. The van der Waals surface area contributed by atoms with Crippen molar-refractivity contribution >= 4 is 22.5 Å². The first kappa shape index (κ1) is 16.0. The van der Waals surface area contributed by atoms with Gasteiger partial charge in [0.25, 0.3) is 0 Å². The van der Waals surface area contributed by atoms with E-state index in [1.165, 1.54) is 6.92 Å². The maximum Gasteiger partial charge on any atom is 0.316 e. The van der Waals surface area contributed by atoms with Crippen molar-refractivity contribution in [1.29, 1.82) is 0 Å². The van der Waals surface area contributed by atoms with E-state index in [0.29, 0.717) is 11.3 Å². The largest absolute Gasteiger partial charge is 0.497 e. The van der Waals surface area contributed by atoms with Crippen LogP contribution in [0.2, 0.25) is 0 Å². The minimum Gasteiger partial charge on any atom is -0.497 e. The van der Waals surface area contributed by atoms with Crippen LogP contribution in [0.3, 0.4) is 0 Å². The van der Waals surface area contributed by atoms with Crippen LogP contribution >= 0.6 is 0 Å². The van der Waals surface area contributed by atoms with Gasteiger partial charge in [-0.3, -0.25) is 9.59 Å². The molecule has 5 nitrogen and oxygen atoms in total. The third kappa shape index (κ3) is 2.80. The molecule has 2 aromatic rings. The SMILES string of the molecule is COc1ccc2cc([C@](CO)(CC(C)=O)C(=O)O)ccc2c1. The van der Waals surface area contributed by atoms with Crippen LogP contribution in [0.25, 0.3) is 10.8 Å². The number of benzene rings is 2. The maximum atomic E-state index is 11.7. The van der Waals surface area contributed by atoms with E-state index >= 15 is 0 Å². The lowest BCUT2D eigenvalue weighted by molar-refractivity contribution is -0.147. The zero-order valence-electron chi connectivity index (χ0n) is 12.5. The van der Waals surface area contributed by atoms with Crippen molar-refractivity contribution in [3.05, 3.63) is 42.0 Å². The molecule has 0 spiro atoms. The maximum absolute atomic E-state index is 11.7. The second kappa shape index (κ2) is 6.15. The van der Waals surface area contributed by atoms with Crippen LogP contribution < -0.4 is 4.74 Å². The van der Waals surface area contributed by atoms with Crippen LogP contribution in [0.15, 0.2) is 36.4 Å². The highest BCUT2D eigenvalue weighted by atomic mass is 16.5. The molecule has 0 aliphatic heterocycles. The second-order valence-electron chi connectivity index (χ2n) is 5.35. The predicted octanol–water partition coefficient (Wildman–Crippen LogP) is 2.14. The highest BCUT2D eigenvalue weighted by Crippen LogP contribution is 2.32. The summed E-state index contributed by atoms with van der Waals surface area (Å²) in [5.74, 6) is -0.792. The lowest BCUT2D eigenvalue weighted by Crippen LogP contribution is -2.41. The van der Waals surface area contributed by atoms with Gasteiger partial charge in [0.05, 0.1) is 13.7 Å². The van der Waals surface area contributed by atoms with Gasteiger partial charge in [0.15, 0.2) is 0 Å². The molecular formula is C17H18O5. The Morgan fingerprint density at radius 3 is 2.32 bits per heavy atom. The Hall–Kier alpha value is -2.40. The van der Waals surface area contributed by atoms with Crippen LogP contribution in [0.1, 0.15) is 18.9 Å². The first-order valence-electron chi connectivity index (χ1n) is 6.85.